The van der Waals surface area contributed by atoms with Crippen LogP contribution in [0.3, 0.4) is 0 Å². The lowest BCUT2D eigenvalue weighted by atomic mass is 10.0. The number of aliphatic imine (C=N–C) groups is 1. The minimum atomic E-state index is -2.92. The van der Waals surface area contributed by atoms with Gasteiger partial charge in [-0.1, -0.05) is 26.0 Å². The molecule has 0 aromatic heterocycles. The predicted octanol–water partition coefficient (Wildman–Crippen LogP) is 3.33. The topological polar surface area (TPSA) is 58.1 Å². The molecule has 2 N–H and O–H groups in total. The Morgan fingerprint density at radius 1 is 1.21 bits per heavy atom. The molecule has 0 spiro atoms. The quantitative estimate of drug-likeness (QED) is 0.441. The zero-order valence-electron chi connectivity index (χ0n) is 17.8. The maximum absolute atomic E-state index is 12.8. The van der Waals surface area contributed by atoms with Gasteiger partial charge < -0.3 is 25.0 Å². The minimum Gasteiger partial charge on any atom is -0.490 e. The standard InChI is InChI=1S/C20H34F2N4O2/c1-7-27-17-10-8-9-15(18(17)28-19(21)22)12-24-20(23-4)25-13-16(26(5)6)11-14(2)3/h8-10,14,16,19H,7,11-13H2,1-6H3,(H2,23,24,25). The van der Waals surface area contributed by atoms with Gasteiger partial charge in [0.05, 0.1) is 6.61 Å². The lowest BCUT2D eigenvalue weighted by molar-refractivity contribution is -0.0520. The largest absolute Gasteiger partial charge is 0.490 e. The van der Waals surface area contributed by atoms with Gasteiger partial charge in [-0.05, 0) is 39.4 Å². The summed E-state index contributed by atoms with van der Waals surface area (Å²) >= 11 is 0. The first-order valence-corrected chi connectivity index (χ1v) is 9.58. The van der Waals surface area contributed by atoms with E-state index in [1.54, 1.807) is 32.2 Å². The number of nitrogens with zero attached hydrogens (tertiary/aromatic N) is 2. The van der Waals surface area contributed by atoms with E-state index in [4.69, 9.17) is 9.47 Å². The zero-order chi connectivity index (χ0) is 21.1. The van der Waals surface area contributed by atoms with Crippen molar-refractivity contribution in [1.29, 1.82) is 0 Å². The monoisotopic (exact) mass is 400 g/mol. The van der Waals surface area contributed by atoms with Gasteiger partial charge in [0.25, 0.3) is 0 Å². The van der Waals surface area contributed by atoms with Gasteiger partial charge in [0, 0.05) is 31.7 Å². The van der Waals surface area contributed by atoms with Gasteiger partial charge in [-0.3, -0.25) is 4.99 Å². The van der Waals surface area contributed by atoms with E-state index in [0.717, 1.165) is 13.0 Å². The van der Waals surface area contributed by atoms with Gasteiger partial charge in [0.2, 0.25) is 0 Å². The predicted molar refractivity (Wildman–Crippen MR) is 109 cm³/mol. The van der Waals surface area contributed by atoms with Crippen LogP contribution in [0.15, 0.2) is 23.2 Å². The maximum atomic E-state index is 12.8. The number of benzene rings is 1. The van der Waals surface area contributed by atoms with Crippen LogP contribution in [0.25, 0.3) is 0 Å². The first-order valence-electron chi connectivity index (χ1n) is 9.58. The molecule has 0 radical (unpaired) electrons. The smallest absolute Gasteiger partial charge is 0.387 e. The van der Waals surface area contributed by atoms with Crippen LogP contribution in [0.1, 0.15) is 32.8 Å². The summed E-state index contributed by atoms with van der Waals surface area (Å²) in [4.78, 5) is 6.40. The first kappa shape index (κ1) is 23.9. The van der Waals surface area contributed by atoms with Crippen molar-refractivity contribution >= 4 is 5.96 Å². The number of hydrogen-bond acceptors (Lipinski definition) is 4. The SMILES string of the molecule is CCOc1cccc(CNC(=NC)NCC(CC(C)C)N(C)C)c1OC(F)F. The number of halogens is 2. The number of ether oxygens (including phenoxy) is 2. The van der Waals surface area contributed by atoms with Crippen molar-refractivity contribution in [2.75, 3.05) is 34.3 Å². The highest BCUT2D eigenvalue weighted by molar-refractivity contribution is 5.79. The summed E-state index contributed by atoms with van der Waals surface area (Å²) in [5.41, 5.74) is 0.570. The number of nitrogens with one attached hydrogen (secondary N) is 2. The van der Waals surface area contributed by atoms with Crippen LogP contribution in [-0.2, 0) is 6.54 Å². The van der Waals surface area contributed by atoms with E-state index < -0.39 is 6.61 Å². The van der Waals surface area contributed by atoms with E-state index in [0.29, 0.717) is 35.8 Å². The molecule has 1 rings (SSSR count). The summed E-state index contributed by atoms with van der Waals surface area (Å²) in [7, 11) is 5.78. The van der Waals surface area contributed by atoms with Gasteiger partial charge in [0.1, 0.15) is 0 Å². The molecule has 0 amide bonds. The fraction of sp³-hybridized carbons (Fsp3) is 0.650. The summed E-state index contributed by atoms with van der Waals surface area (Å²) < 4.78 is 35.8. The van der Waals surface area contributed by atoms with Crippen molar-refractivity contribution < 1.29 is 18.3 Å². The van der Waals surface area contributed by atoms with Gasteiger partial charge >= 0.3 is 6.61 Å². The van der Waals surface area contributed by atoms with Gasteiger partial charge in [-0.15, -0.1) is 0 Å². The molecule has 0 fully saturated rings. The molecule has 0 bridgehead atoms. The van der Waals surface area contributed by atoms with Gasteiger partial charge in [-0.2, -0.15) is 8.78 Å². The lowest BCUT2D eigenvalue weighted by Gasteiger charge is -2.27. The third-order valence-electron chi connectivity index (χ3n) is 4.22. The highest BCUT2D eigenvalue weighted by Gasteiger charge is 2.17. The Kier molecular flexibility index (Phi) is 10.6. The minimum absolute atomic E-state index is 0.0493. The molecule has 0 aliphatic heterocycles. The van der Waals surface area contributed by atoms with E-state index in [1.165, 1.54) is 0 Å². The van der Waals surface area contributed by atoms with Crippen LogP contribution < -0.4 is 20.1 Å². The lowest BCUT2D eigenvalue weighted by Crippen LogP contribution is -2.45. The Hall–Kier alpha value is -2.09. The van der Waals surface area contributed by atoms with Crippen LogP contribution in [0.2, 0.25) is 0 Å². The number of guanidine groups is 1. The van der Waals surface area contributed by atoms with Crippen LogP contribution in [0, 0.1) is 5.92 Å². The number of alkyl halides is 2. The van der Waals surface area contributed by atoms with Crippen molar-refractivity contribution in [2.24, 2.45) is 10.9 Å². The van der Waals surface area contributed by atoms with Crippen LogP contribution in [0.4, 0.5) is 8.78 Å². The van der Waals surface area contributed by atoms with E-state index in [2.05, 4.69) is 48.5 Å². The Bertz CT molecular complexity index is 610. The molecular weight excluding hydrogens is 366 g/mol. The summed E-state index contributed by atoms with van der Waals surface area (Å²) in [5, 5.41) is 6.46. The summed E-state index contributed by atoms with van der Waals surface area (Å²) in [5.74, 6) is 1.53. The Labute approximate surface area is 167 Å². The van der Waals surface area contributed by atoms with Gasteiger partial charge in [-0.25, -0.2) is 0 Å². The summed E-state index contributed by atoms with van der Waals surface area (Å²) in [6, 6.07) is 5.45. The number of para-hydroxylation sites is 1. The normalized spacial score (nSPS) is 13.2. The average molecular weight is 401 g/mol. The van der Waals surface area contributed by atoms with Crippen molar-refractivity contribution in [2.45, 2.75) is 46.4 Å². The summed E-state index contributed by atoms with van der Waals surface area (Å²) in [6.45, 7) is 4.63. The third-order valence-corrected chi connectivity index (χ3v) is 4.22. The van der Waals surface area contributed by atoms with E-state index in [-0.39, 0.29) is 12.3 Å². The molecule has 1 aromatic carbocycles. The van der Waals surface area contributed by atoms with Crippen LogP contribution in [-0.4, -0.2) is 57.8 Å². The molecule has 160 valence electrons. The van der Waals surface area contributed by atoms with Crippen LogP contribution in [0.5, 0.6) is 11.5 Å². The second-order valence-corrected chi connectivity index (χ2v) is 7.11. The fourth-order valence-corrected chi connectivity index (χ4v) is 2.83. The molecule has 6 nitrogen and oxygen atoms in total. The number of likely N-dealkylation sites (N-methyl/N-ethyl adjacent to an activating group) is 1. The van der Waals surface area contributed by atoms with E-state index in [1.807, 2.05) is 0 Å². The maximum Gasteiger partial charge on any atom is 0.387 e. The van der Waals surface area contributed by atoms with Crippen molar-refractivity contribution in [3.8, 4) is 11.5 Å². The Morgan fingerprint density at radius 2 is 1.93 bits per heavy atom. The fourth-order valence-electron chi connectivity index (χ4n) is 2.83. The number of hydrogen-bond donors (Lipinski definition) is 2. The van der Waals surface area contributed by atoms with Crippen molar-refractivity contribution in [3.05, 3.63) is 23.8 Å². The Morgan fingerprint density at radius 3 is 2.46 bits per heavy atom. The third kappa shape index (κ3) is 8.29. The van der Waals surface area contributed by atoms with Gasteiger partial charge in [0.15, 0.2) is 17.5 Å². The summed E-state index contributed by atoms with van der Waals surface area (Å²) in [6.07, 6.45) is 1.06. The molecule has 0 heterocycles. The molecule has 1 unspecified atom stereocenters. The van der Waals surface area contributed by atoms with Crippen molar-refractivity contribution in [3.63, 3.8) is 0 Å². The highest BCUT2D eigenvalue weighted by atomic mass is 19.3. The molecule has 0 aliphatic carbocycles. The molecule has 1 atom stereocenters. The second-order valence-electron chi connectivity index (χ2n) is 7.11. The van der Waals surface area contributed by atoms with Crippen molar-refractivity contribution in [1.82, 2.24) is 15.5 Å². The van der Waals surface area contributed by atoms with Crippen LogP contribution >= 0.6 is 0 Å². The zero-order valence-corrected chi connectivity index (χ0v) is 17.8. The molecule has 28 heavy (non-hydrogen) atoms. The molecule has 1 aromatic rings. The molecule has 0 saturated carbocycles. The molecule has 8 heteroatoms. The average Bonchev–Trinajstić information content (AvgIpc) is 2.62. The Balaban J connectivity index is 2.78. The highest BCUT2D eigenvalue weighted by Crippen LogP contribution is 2.32. The number of rotatable bonds is 11. The second kappa shape index (κ2) is 12.4. The van der Waals surface area contributed by atoms with E-state index >= 15 is 0 Å². The molecular formula is C20H34F2N4O2. The van der Waals surface area contributed by atoms with E-state index in [9.17, 15) is 8.78 Å². The molecule has 0 aliphatic rings. The first-order chi connectivity index (χ1) is 13.3. The molecule has 0 saturated heterocycles.